The molecule has 0 unspecified atom stereocenters. The van der Waals surface area contributed by atoms with E-state index in [9.17, 15) is 9.59 Å². The number of fused-ring (bicyclic) bond motifs is 3. The summed E-state index contributed by atoms with van der Waals surface area (Å²) in [4.78, 5) is 35.7. The monoisotopic (exact) mass is 442 g/mol. The maximum absolute atomic E-state index is 13.1. The van der Waals surface area contributed by atoms with Gasteiger partial charge in [-0.2, -0.15) is 0 Å². The van der Waals surface area contributed by atoms with Gasteiger partial charge in [-0.15, -0.1) is 0 Å². The molecule has 1 aliphatic carbocycles. The minimum absolute atomic E-state index is 0.114. The summed E-state index contributed by atoms with van der Waals surface area (Å²) >= 11 is 0. The Morgan fingerprint density at radius 1 is 0.788 bits per heavy atom. The zero-order valence-corrected chi connectivity index (χ0v) is 18.9. The van der Waals surface area contributed by atoms with Gasteiger partial charge in [0.25, 0.3) is 11.8 Å². The highest BCUT2D eigenvalue weighted by molar-refractivity contribution is 5.99. The second-order valence-corrected chi connectivity index (χ2v) is 9.61. The first-order valence-corrected chi connectivity index (χ1v) is 12.2. The van der Waals surface area contributed by atoms with Crippen LogP contribution in [0.2, 0.25) is 0 Å². The van der Waals surface area contributed by atoms with Crippen molar-refractivity contribution in [1.29, 1.82) is 0 Å². The Kier molecular flexibility index (Phi) is 5.18. The highest BCUT2D eigenvalue weighted by atomic mass is 16.2. The summed E-state index contributed by atoms with van der Waals surface area (Å²) in [5.41, 5.74) is 5.48. The second kappa shape index (κ2) is 8.34. The molecule has 2 fully saturated rings. The number of rotatable bonds is 3. The number of aromatic nitrogens is 1. The molecule has 2 aromatic carbocycles. The van der Waals surface area contributed by atoms with Gasteiger partial charge in [-0.1, -0.05) is 18.2 Å². The van der Waals surface area contributed by atoms with Crippen molar-refractivity contribution < 1.29 is 9.59 Å². The van der Waals surface area contributed by atoms with Crippen LogP contribution in [0.15, 0.2) is 48.5 Å². The van der Waals surface area contributed by atoms with E-state index < -0.39 is 0 Å². The first-order chi connectivity index (χ1) is 16.2. The Morgan fingerprint density at radius 2 is 1.52 bits per heavy atom. The summed E-state index contributed by atoms with van der Waals surface area (Å²) in [6.45, 7) is 4.77. The first kappa shape index (κ1) is 20.5. The molecule has 6 rings (SSSR count). The number of nitrogens with zero attached hydrogens (tertiary/aromatic N) is 3. The van der Waals surface area contributed by atoms with Crippen LogP contribution in [-0.2, 0) is 12.8 Å². The van der Waals surface area contributed by atoms with E-state index in [0.29, 0.717) is 6.04 Å². The van der Waals surface area contributed by atoms with Crippen LogP contribution in [0, 0.1) is 0 Å². The van der Waals surface area contributed by atoms with E-state index in [1.165, 1.54) is 29.5 Å². The Hall–Kier alpha value is -3.12. The number of hydrogen-bond acceptors (Lipinski definition) is 3. The van der Waals surface area contributed by atoms with Crippen LogP contribution in [0.3, 0.4) is 0 Å². The van der Waals surface area contributed by atoms with Crippen LogP contribution in [0.1, 0.15) is 44.8 Å². The van der Waals surface area contributed by atoms with E-state index in [2.05, 4.69) is 22.0 Å². The van der Waals surface area contributed by atoms with Crippen LogP contribution in [0.5, 0.6) is 0 Å². The van der Waals surface area contributed by atoms with Crippen LogP contribution in [-0.4, -0.2) is 76.8 Å². The van der Waals surface area contributed by atoms with E-state index in [-0.39, 0.29) is 11.8 Å². The van der Waals surface area contributed by atoms with Gasteiger partial charge in [0, 0.05) is 73.0 Å². The Morgan fingerprint density at radius 3 is 2.30 bits per heavy atom. The van der Waals surface area contributed by atoms with E-state index in [4.69, 9.17) is 0 Å². The van der Waals surface area contributed by atoms with Crippen molar-refractivity contribution in [3.8, 4) is 0 Å². The number of piperazine rings is 1. The lowest BCUT2D eigenvalue weighted by Gasteiger charge is -2.48. The van der Waals surface area contributed by atoms with E-state index in [0.717, 1.165) is 68.8 Å². The molecule has 0 radical (unpaired) electrons. The molecule has 6 heteroatoms. The molecule has 1 aromatic heterocycles. The number of nitrogens with one attached hydrogen (secondary N) is 1. The summed E-state index contributed by atoms with van der Waals surface area (Å²) in [6, 6.07) is 16.0. The van der Waals surface area contributed by atoms with Crippen molar-refractivity contribution in [3.05, 3.63) is 70.9 Å². The SMILES string of the molecule is O=C(c1ccccc1)N1CCN(C2CN(C(=O)c3ccc4[nH]c5c(c4c3)CCCC5)C2)CC1. The third-order valence-corrected chi connectivity index (χ3v) is 7.63. The minimum Gasteiger partial charge on any atom is -0.358 e. The molecule has 2 amide bonds. The van der Waals surface area contributed by atoms with Gasteiger partial charge in [0.2, 0.25) is 0 Å². The molecular formula is C27H30N4O2. The van der Waals surface area contributed by atoms with Gasteiger partial charge in [0.05, 0.1) is 0 Å². The zero-order valence-electron chi connectivity index (χ0n) is 18.9. The number of carbonyl (C=O) groups is 2. The van der Waals surface area contributed by atoms with E-state index in [1.807, 2.05) is 46.2 Å². The van der Waals surface area contributed by atoms with Crippen molar-refractivity contribution in [2.45, 2.75) is 31.7 Å². The number of amides is 2. The molecule has 3 aromatic rings. The normalized spacial score (nSPS) is 19.4. The molecule has 0 spiro atoms. The topological polar surface area (TPSA) is 59.7 Å². The smallest absolute Gasteiger partial charge is 0.253 e. The molecule has 170 valence electrons. The van der Waals surface area contributed by atoms with Gasteiger partial charge in [-0.25, -0.2) is 0 Å². The quantitative estimate of drug-likeness (QED) is 0.677. The highest BCUT2D eigenvalue weighted by Crippen LogP contribution is 2.30. The van der Waals surface area contributed by atoms with Gasteiger partial charge in [0.15, 0.2) is 0 Å². The summed E-state index contributed by atoms with van der Waals surface area (Å²) in [6.07, 6.45) is 4.70. The third kappa shape index (κ3) is 3.72. The van der Waals surface area contributed by atoms with Crippen molar-refractivity contribution in [2.24, 2.45) is 0 Å². The van der Waals surface area contributed by atoms with Gasteiger partial charge < -0.3 is 14.8 Å². The Labute approximate surface area is 194 Å². The lowest BCUT2D eigenvalue weighted by atomic mass is 9.95. The number of carbonyl (C=O) groups excluding carboxylic acids is 2. The molecular weight excluding hydrogens is 412 g/mol. The predicted octanol–water partition coefficient (Wildman–Crippen LogP) is 3.33. The highest BCUT2D eigenvalue weighted by Gasteiger charge is 2.37. The summed E-state index contributed by atoms with van der Waals surface area (Å²) in [7, 11) is 0. The van der Waals surface area contributed by atoms with Crippen molar-refractivity contribution in [3.63, 3.8) is 0 Å². The Bertz CT molecular complexity index is 1190. The predicted molar refractivity (Wildman–Crippen MR) is 129 cm³/mol. The molecule has 3 heterocycles. The fourth-order valence-electron chi connectivity index (χ4n) is 5.63. The van der Waals surface area contributed by atoms with Gasteiger partial charge in [0.1, 0.15) is 0 Å². The summed E-state index contributed by atoms with van der Waals surface area (Å²) < 4.78 is 0. The number of aromatic amines is 1. The average Bonchev–Trinajstić information content (AvgIpc) is 3.21. The second-order valence-electron chi connectivity index (χ2n) is 9.61. The fourth-order valence-corrected chi connectivity index (χ4v) is 5.63. The van der Waals surface area contributed by atoms with Crippen LogP contribution in [0.4, 0.5) is 0 Å². The van der Waals surface area contributed by atoms with E-state index in [1.54, 1.807) is 0 Å². The van der Waals surface area contributed by atoms with Gasteiger partial charge in [-0.05, 0) is 61.6 Å². The van der Waals surface area contributed by atoms with Crippen molar-refractivity contribution in [1.82, 2.24) is 19.7 Å². The number of benzene rings is 2. The molecule has 0 saturated carbocycles. The molecule has 0 bridgehead atoms. The number of H-pyrrole nitrogens is 1. The lowest BCUT2D eigenvalue weighted by molar-refractivity contribution is 0.00854. The maximum atomic E-state index is 13.1. The Balaban J connectivity index is 1.05. The summed E-state index contributed by atoms with van der Waals surface area (Å²) in [5, 5.41) is 1.23. The molecule has 3 aliphatic rings. The maximum Gasteiger partial charge on any atom is 0.253 e. The molecule has 33 heavy (non-hydrogen) atoms. The molecule has 0 atom stereocenters. The van der Waals surface area contributed by atoms with Gasteiger partial charge >= 0.3 is 0 Å². The third-order valence-electron chi connectivity index (χ3n) is 7.63. The molecule has 2 aliphatic heterocycles. The number of aryl methyl sites for hydroxylation is 2. The summed E-state index contributed by atoms with van der Waals surface area (Å²) in [5.74, 6) is 0.250. The molecule has 2 saturated heterocycles. The minimum atomic E-state index is 0.114. The van der Waals surface area contributed by atoms with Crippen molar-refractivity contribution in [2.75, 3.05) is 39.3 Å². The number of hydrogen-bond donors (Lipinski definition) is 1. The van der Waals surface area contributed by atoms with Crippen molar-refractivity contribution >= 4 is 22.7 Å². The van der Waals surface area contributed by atoms with E-state index >= 15 is 0 Å². The number of likely N-dealkylation sites (tertiary alicyclic amines) is 1. The standard InChI is InChI=1S/C27H30N4O2/c32-26(19-6-2-1-3-7-19)30-14-12-29(13-15-30)21-17-31(18-21)27(33)20-10-11-25-23(16-20)22-8-4-5-9-24(22)28-25/h1-3,6-7,10-11,16,21,28H,4-5,8-9,12-15,17-18H2. The first-order valence-electron chi connectivity index (χ1n) is 12.2. The van der Waals surface area contributed by atoms with Gasteiger partial charge in [-0.3, -0.25) is 14.5 Å². The average molecular weight is 443 g/mol. The largest absolute Gasteiger partial charge is 0.358 e. The fraction of sp³-hybridized carbons (Fsp3) is 0.407. The molecule has 1 N–H and O–H groups in total. The zero-order chi connectivity index (χ0) is 22.4. The lowest BCUT2D eigenvalue weighted by Crippen LogP contribution is -2.64. The van der Waals surface area contributed by atoms with Crippen LogP contribution < -0.4 is 0 Å². The van der Waals surface area contributed by atoms with Crippen LogP contribution in [0.25, 0.3) is 10.9 Å². The molecule has 6 nitrogen and oxygen atoms in total. The van der Waals surface area contributed by atoms with Crippen LogP contribution >= 0.6 is 0 Å².